The highest BCUT2D eigenvalue weighted by molar-refractivity contribution is 6.30. The van der Waals surface area contributed by atoms with E-state index >= 15 is 0 Å². The Bertz CT molecular complexity index is 970. The van der Waals surface area contributed by atoms with Crippen molar-refractivity contribution >= 4 is 29.1 Å². The lowest BCUT2D eigenvalue weighted by Crippen LogP contribution is -2.32. The lowest BCUT2D eigenvalue weighted by molar-refractivity contribution is 0.0951. The lowest BCUT2D eigenvalue weighted by Gasteiger charge is -2.08. The molecule has 6 nitrogen and oxygen atoms in total. The molecule has 3 aromatic rings. The highest BCUT2D eigenvalue weighted by Gasteiger charge is 2.07. The first-order valence-corrected chi connectivity index (χ1v) is 8.52. The van der Waals surface area contributed by atoms with Crippen LogP contribution < -0.4 is 10.9 Å². The molecule has 0 bridgehead atoms. The number of hydrogen-bond acceptors (Lipinski definition) is 4. The number of nitrogens with one attached hydrogen (secondary N) is 1. The number of halogens is 2. The second kappa shape index (κ2) is 8.12. The molecule has 1 aromatic carbocycles. The van der Waals surface area contributed by atoms with Crippen LogP contribution in [0.3, 0.4) is 0 Å². The van der Waals surface area contributed by atoms with Gasteiger partial charge < -0.3 is 5.32 Å². The van der Waals surface area contributed by atoms with Gasteiger partial charge in [0.05, 0.1) is 17.8 Å². The van der Waals surface area contributed by atoms with Crippen molar-refractivity contribution in [1.29, 1.82) is 0 Å². The molecule has 0 radical (unpaired) electrons. The maximum atomic E-state index is 12.0. The summed E-state index contributed by atoms with van der Waals surface area (Å²) in [7, 11) is 0. The van der Waals surface area contributed by atoms with E-state index in [4.69, 9.17) is 23.2 Å². The maximum absolute atomic E-state index is 12.0. The molecule has 0 saturated carbocycles. The van der Waals surface area contributed by atoms with Gasteiger partial charge in [0.1, 0.15) is 5.15 Å². The van der Waals surface area contributed by atoms with E-state index in [1.165, 1.54) is 23.0 Å². The van der Waals surface area contributed by atoms with Gasteiger partial charge in [0.2, 0.25) is 0 Å². The first kappa shape index (κ1) is 18.1. The third kappa shape index (κ3) is 4.47. The first-order chi connectivity index (χ1) is 12.5. The van der Waals surface area contributed by atoms with E-state index < -0.39 is 0 Å². The molecule has 0 spiro atoms. The zero-order valence-corrected chi connectivity index (χ0v) is 15.0. The molecule has 0 fully saturated rings. The van der Waals surface area contributed by atoms with Gasteiger partial charge in [-0.1, -0.05) is 35.3 Å². The minimum atomic E-state index is -0.295. The molecule has 2 heterocycles. The molecule has 0 atom stereocenters. The van der Waals surface area contributed by atoms with Gasteiger partial charge in [0.25, 0.3) is 11.5 Å². The fraction of sp³-hybridized carbons (Fsp3) is 0.111. The summed E-state index contributed by atoms with van der Waals surface area (Å²) in [5.74, 6) is -0.295. The van der Waals surface area contributed by atoms with Crippen LogP contribution in [-0.2, 0) is 6.54 Å². The van der Waals surface area contributed by atoms with E-state index in [0.29, 0.717) is 21.4 Å². The Morgan fingerprint density at radius 2 is 1.81 bits per heavy atom. The Hall–Kier alpha value is -2.70. The Morgan fingerprint density at radius 3 is 2.50 bits per heavy atom. The quantitative estimate of drug-likeness (QED) is 0.681. The highest BCUT2D eigenvalue weighted by atomic mass is 35.5. The smallest absolute Gasteiger partial charge is 0.266 e. The largest absolute Gasteiger partial charge is 0.350 e. The number of benzene rings is 1. The fourth-order valence-corrected chi connectivity index (χ4v) is 2.51. The molecule has 0 aliphatic rings. The summed E-state index contributed by atoms with van der Waals surface area (Å²) in [5, 5.41) is 8.00. The van der Waals surface area contributed by atoms with E-state index in [1.54, 1.807) is 24.3 Å². The van der Waals surface area contributed by atoms with Gasteiger partial charge in [-0.05, 0) is 30.3 Å². The van der Waals surface area contributed by atoms with E-state index in [2.05, 4.69) is 15.4 Å². The molecule has 2 aromatic heterocycles. The van der Waals surface area contributed by atoms with Crippen molar-refractivity contribution in [3.8, 4) is 11.3 Å². The van der Waals surface area contributed by atoms with Crippen LogP contribution in [-0.4, -0.2) is 27.2 Å². The third-order valence-electron chi connectivity index (χ3n) is 3.61. The van der Waals surface area contributed by atoms with Crippen molar-refractivity contribution in [2.75, 3.05) is 6.54 Å². The Morgan fingerprint density at radius 1 is 1.04 bits per heavy atom. The first-order valence-electron chi connectivity index (χ1n) is 7.77. The van der Waals surface area contributed by atoms with Crippen molar-refractivity contribution in [1.82, 2.24) is 20.1 Å². The highest BCUT2D eigenvalue weighted by Crippen LogP contribution is 2.18. The molecule has 0 aliphatic heterocycles. The fourth-order valence-electron chi connectivity index (χ4n) is 2.27. The third-order valence-corrected chi connectivity index (χ3v) is 4.08. The van der Waals surface area contributed by atoms with E-state index in [-0.39, 0.29) is 24.6 Å². The van der Waals surface area contributed by atoms with Crippen LogP contribution in [0.5, 0.6) is 0 Å². The number of hydrogen-bond donors (Lipinski definition) is 1. The summed E-state index contributed by atoms with van der Waals surface area (Å²) >= 11 is 11.6. The van der Waals surface area contributed by atoms with Crippen LogP contribution in [0.25, 0.3) is 11.3 Å². The molecular formula is C18H14Cl2N4O2. The molecule has 1 amide bonds. The summed E-state index contributed by atoms with van der Waals surface area (Å²) in [4.78, 5) is 27.9. The topological polar surface area (TPSA) is 76.9 Å². The Labute approximate surface area is 159 Å². The van der Waals surface area contributed by atoms with Crippen LogP contribution >= 0.6 is 23.2 Å². The molecule has 0 unspecified atom stereocenters. The van der Waals surface area contributed by atoms with Crippen molar-refractivity contribution in [3.05, 3.63) is 80.8 Å². The van der Waals surface area contributed by atoms with Gasteiger partial charge in [-0.3, -0.25) is 9.59 Å². The normalized spacial score (nSPS) is 10.5. The SMILES string of the molecule is O=C(NCCn1nc(-c2ccc(Cl)cc2)ccc1=O)c1ccc(Cl)nc1. The van der Waals surface area contributed by atoms with Gasteiger partial charge in [-0.15, -0.1) is 0 Å². The van der Waals surface area contributed by atoms with Gasteiger partial charge in [0, 0.05) is 29.4 Å². The molecule has 3 rings (SSSR count). The predicted octanol–water partition coefficient (Wildman–Crippen LogP) is 3.04. The zero-order chi connectivity index (χ0) is 18.5. The van der Waals surface area contributed by atoms with Crippen molar-refractivity contribution in [2.45, 2.75) is 6.54 Å². The monoisotopic (exact) mass is 388 g/mol. The van der Waals surface area contributed by atoms with Gasteiger partial charge in [0.15, 0.2) is 0 Å². The number of carbonyl (C=O) groups is 1. The van der Waals surface area contributed by atoms with Crippen molar-refractivity contribution in [3.63, 3.8) is 0 Å². The predicted molar refractivity (Wildman–Crippen MR) is 101 cm³/mol. The van der Waals surface area contributed by atoms with Crippen LogP contribution in [0, 0.1) is 0 Å². The van der Waals surface area contributed by atoms with E-state index in [0.717, 1.165) is 5.56 Å². The molecule has 8 heteroatoms. The molecule has 26 heavy (non-hydrogen) atoms. The molecule has 0 saturated heterocycles. The second-order valence-electron chi connectivity index (χ2n) is 5.41. The van der Waals surface area contributed by atoms with Gasteiger partial charge >= 0.3 is 0 Å². The summed E-state index contributed by atoms with van der Waals surface area (Å²) in [5.41, 5.74) is 1.64. The molecule has 132 valence electrons. The number of nitrogens with zero attached hydrogens (tertiary/aromatic N) is 3. The van der Waals surface area contributed by atoms with Crippen molar-refractivity contribution < 1.29 is 4.79 Å². The van der Waals surface area contributed by atoms with Crippen LogP contribution in [0.4, 0.5) is 0 Å². The lowest BCUT2D eigenvalue weighted by atomic mass is 10.1. The van der Waals surface area contributed by atoms with Gasteiger partial charge in [-0.25, -0.2) is 9.67 Å². The summed E-state index contributed by atoms with van der Waals surface area (Å²) in [6.45, 7) is 0.492. The molecular weight excluding hydrogens is 375 g/mol. The molecule has 0 aliphatic carbocycles. The van der Waals surface area contributed by atoms with Crippen molar-refractivity contribution in [2.24, 2.45) is 0 Å². The zero-order valence-electron chi connectivity index (χ0n) is 13.5. The minimum absolute atomic E-state index is 0.243. The van der Waals surface area contributed by atoms with Gasteiger partial charge in [-0.2, -0.15) is 5.10 Å². The average molecular weight is 389 g/mol. The minimum Gasteiger partial charge on any atom is -0.350 e. The van der Waals surface area contributed by atoms with Crippen LogP contribution in [0.2, 0.25) is 10.2 Å². The number of pyridine rings is 1. The second-order valence-corrected chi connectivity index (χ2v) is 6.24. The van der Waals surface area contributed by atoms with Crippen LogP contribution in [0.15, 0.2) is 59.5 Å². The summed E-state index contributed by atoms with van der Waals surface area (Å²) < 4.78 is 1.31. The Kier molecular flexibility index (Phi) is 5.65. The van der Waals surface area contributed by atoms with E-state index in [9.17, 15) is 9.59 Å². The number of rotatable bonds is 5. The number of carbonyl (C=O) groups excluding carboxylic acids is 1. The average Bonchev–Trinajstić information content (AvgIpc) is 2.64. The Balaban J connectivity index is 1.67. The standard InChI is InChI=1S/C18H14Cl2N4O2/c19-14-4-1-12(2-5-14)15-6-8-17(25)24(23-15)10-9-21-18(26)13-3-7-16(20)22-11-13/h1-8,11H,9-10H2,(H,21,26). The molecule has 1 N–H and O–H groups in total. The van der Waals surface area contributed by atoms with Crippen LogP contribution in [0.1, 0.15) is 10.4 Å². The maximum Gasteiger partial charge on any atom is 0.266 e. The summed E-state index contributed by atoms with van der Waals surface area (Å²) in [6.07, 6.45) is 1.39. The number of aromatic nitrogens is 3. The summed E-state index contributed by atoms with van der Waals surface area (Å²) in [6, 6.07) is 13.4. The number of amides is 1. The van der Waals surface area contributed by atoms with E-state index in [1.807, 2.05) is 12.1 Å².